The highest BCUT2D eigenvalue weighted by molar-refractivity contribution is 7.91. The number of para-hydroxylation sites is 1. The van der Waals surface area contributed by atoms with E-state index in [9.17, 15) is 13.2 Å². The van der Waals surface area contributed by atoms with Crippen molar-refractivity contribution in [1.29, 1.82) is 0 Å². The molecule has 6 nitrogen and oxygen atoms in total. The second kappa shape index (κ2) is 5.57. The number of rotatable bonds is 3. The minimum atomic E-state index is -2.93. The zero-order valence-electron chi connectivity index (χ0n) is 11.5. The highest BCUT2D eigenvalue weighted by Crippen LogP contribution is 2.12. The molecule has 0 saturated carbocycles. The summed E-state index contributed by atoms with van der Waals surface area (Å²) in [7, 11) is -2.93. The lowest BCUT2D eigenvalue weighted by molar-refractivity contribution is 0.474. The number of aromatic nitrogens is 2. The van der Waals surface area contributed by atoms with Crippen LogP contribution in [0.2, 0.25) is 0 Å². The molecule has 3 rings (SSSR count). The number of nitrogens with zero attached hydrogens (tertiary/aromatic N) is 1. The zero-order chi connectivity index (χ0) is 14.9. The quantitative estimate of drug-likeness (QED) is 0.866. The number of aromatic amines is 1. The predicted octanol–water partition coefficient (Wildman–Crippen LogP) is 0.590. The molecule has 21 heavy (non-hydrogen) atoms. The molecular weight excluding hydrogens is 290 g/mol. The molecule has 0 radical (unpaired) electrons. The van der Waals surface area contributed by atoms with Crippen LogP contribution in [0.15, 0.2) is 29.1 Å². The van der Waals surface area contributed by atoms with Gasteiger partial charge in [-0.2, -0.15) is 0 Å². The van der Waals surface area contributed by atoms with Crippen molar-refractivity contribution < 1.29 is 8.42 Å². The average molecular weight is 307 g/mol. The highest BCUT2D eigenvalue weighted by Gasteiger charge is 2.24. The predicted molar refractivity (Wildman–Crippen MR) is 80.9 cm³/mol. The minimum Gasteiger partial charge on any atom is -0.309 e. The Labute approximate surface area is 122 Å². The lowest BCUT2D eigenvalue weighted by Gasteiger charge is -2.22. The fourth-order valence-corrected chi connectivity index (χ4v) is 4.31. The molecule has 1 aliphatic rings. The van der Waals surface area contributed by atoms with Crippen LogP contribution in [-0.2, 0) is 16.4 Å². The van der Waals surface area contributed by atoms with Gasteiger partial charge in [0.2, 0.25) is 0 Å². The lowest BCUT2D eigenvalue weighted by Crippen LogP contribution is -2.40. The third kappa shape index (κ3) is 3.30. The van der Waals surface area contributed by atoms with Gasteiger partial charge >= 0.3 is 0 Å². The second-order valence-electron chi connectivity index (χ2n) is 5.36. The molecule has 1 atom stereocenters. The van der Waals surface area contributed by atoms with Crippen molar-refractivity contribution in [1.82, 2.24) is 15.3 Å². The van der Waals surface area contributed by atoms with Crippen LogP contribution in [0.3, 0.4) is 0 Å². The maximum absolute atomic E-state index is 11.9. The molecule has 0 spiro atoms. The first-order valence-electron chi connectivity index (χ1n) is 6.95. The van der Waals surface area contributed by atoms with Crippen molar-refractivity contribution in [3.05, 3.63) is 40.4 Å². The Morgan fingerprint density at radius 1 is 1.33 bits per heavy atom. The van der Waals surface area contributed by atoms with Gasteiger partial charge in [0.1, 0.15) is 5.82 Å². The first kappa shape index (κ1) is 14.2. The summed E-state index contributed by atoms with van der Waals surface area (Å²) in [5.41, 5.74) is 0.475. The van der Waals surface area contributed by atoms with E-state index in [1.165, 1.54) is 0 Å². The maximum Gasteiger partial charge on any atom is 0.258 e. The van der Waals surface area contributed by atoms with E-state index in [-0.39, 0.29) is 23.1 Å². The van der Waals surface area contributed by atoms with Gasteiger partial charge < -0.3 is 10.3 Å². The molecule has 1 unspecified atom stereocenters. The van der Waals surface area contributed by atoms with Gasteiger partial charge in [0.25, 0.3) is 5.56 Å². The second-order valence-corrected chi connectivity index (χ2v) is 7.59. The van der Waals surface area contributed by atoms with E-state index in [1.54, 1.807) is 18.2 Å². The average Bonchev–Trinajstić information content (AvgIpc) is 2.44. The van der Waals surface area contributed by atoms with Crippen LogP contribution in [0.5, 0.6) is 0 Å². The number of benzene rings is 1. The van der Waals surface area contributed by atoms with E-state index >= 15 is 0 Å². The molecule has 0 aliphatic carbocycles. The van der Waals surface area contributed by atoms with Gasteiger partial charge in [-0.25, -0.2) is 13.4 Å². The molecule has 1 fully saturated rings. The Morgan fingerprint density at radius 2 is 2.14 bits per heavy atom. The molecule has 0 amide bonds. The van der Waals surface area contributed by atoms with Gasteiger partial charge in [0, 0.05) is 6.04 Å². The summed E-state index contributed by atoms with van der Waals surface area (Å²) >= 11 is 0. The van der Waals surface area contributed by atoms with Gasteiger partial charge in [-0.15, -0.1) is 0 Å². The summed E-state index contributed by atoms with van der Waals surface area (Å²) in [5, 5.41) is 3.73. The normalized spacial score (nSPS) is 21.4. The Balaban J connectivity index is 1.75. The molecule has 1 aliphatic heterocycles. The number of sulfone groups is 1. The molecule has 112 valence electrons. The molecule has 2 heterocycles. The maximum atomic E-state index is 11.9. The summed E-state index contributed by atoms with van der Waals surface area (Å²) in [6.07, 6.45) is 1.51. The summed E-state index contributed by atoms with van der Waals surface area (Å²) in [6, 6.07) is 7.08. The largest absolute Gasteiger partial charge is 0.309 e. The van der Waals surface area contributed by atoms with Crippen LogP contribution in [-0.4, -0.2) is 35.9 Å². The molecule has 2 aromatic rings. The number of hydrogen-bond acceptors (Lipinski definition) is 5. The van der Waals surface area contributed by atoms with Crippen LogP contribution in [0, 0.1) is 0 Å². The summed E-state index contributed by atoms with van der Waals surface area (Å²) in [5.74, 6) is 0.961. The molecule has 1 aromatic heterocycles. The first-order chi connectivity index (χ1) is 10.0. The monoisotopic (exact) mass is 307 g/mol. The third-order valence-corrected chi connectivity index (χ3v) is 5.50. The third-order valence-electron chi connectivity index (χ3n) is 3.68. The van der Waals surface area contributed by atoms with Crippen LogP contribution in [0.1, 0.15) is 18.7 Å². The topological polar surface area (TPSA) is 91.9 Å². The van der Waals surface area contributed by atoms with Crippen LogP contribution in [0.25, 0.3) is 10.9 Å². The molecule has 7 heteroatoms. The van der Waals surface area contributed by atoms with Crippen LogP contribution in [0.4, 0.5) is 0 Å². The number of fused-ring (bicyclic) bond motifs is 1. The van der Waals surface area contributed by atoms with Gasteiger partial charge in [0.15, 0.2) is 9.84 Å². The van der Waals surface area contributed by atoms with E-state index in [0.29, 0.717) is 29.7 Å². The minimum absolute atomic E-state index is 0.0690. The Kier molecular flexibility index (Phi) is 3.77. The van der Waals surface area contributed by atoms with Crippen molar-refractivity contribution in [2.24, 2.45) is 0 Å². The SMILES string of the molecule is O=c1[nH]c(CNC2CCCS(=O)(=O)C2)nc2ccccc12. The smallest absolute Gasteiger partial charge is 0.258 e. The molecular formula is C14H17N3O3S. The zero-order valence-corrected chi connectivity index (χ0v) is 12.3. The van der Waals surface area contributed by atoms with Crippen molar-refractivity contribution in [2.45, 2.75) is 25.4 Å². The van der Waals surface area contributed by atoms with Gasteiger partial charge in [-0.3, -0.25) is 4.79 Å². The number of hydrogen-bond donors (Lipinski definition) is 2. The number of nitrogens with one attached hydrogen (secondary N) is 2. The lowest BCUT2D eigenvalue weighted by atomic mass is 10.2. The molecule has 0 bridgehead atoms. The van der Waals surface area contributed by atoms with Crippen LogP contribution >= 0.6 is 0 Å². The summed E-state index contributed by atoms with van der Waals surface area (Å²) in [4.78, 5) is 19.1. The Bertz CT molecular complexity index is 814. The van der Waals surface area contributed by atoms with Gasteiger partial charge in [-0.1, -0.05) is 12.1 Å². The molecule has 2 N–H and O–H groups in total. The van der Waals surface area contributed by atoms with Gasteiger partial charge in [0.05, 0.1) is 29.0 Å². The van der Waals surface area contributed by atoms with Crippen LogP contribution < -0.4 is 10.9 Å². The van der Waals surface area contributed by atoms with Crippen molar-refractivity contribution >= 4 is 20.7 Å². The van der Waals surface area contributed by atoms with E-state index in [2.05, 4.69) is 15.3 Å². The Morgan fingerprint density at radius 3 is 2.95 bits per heavy atom. The van der Waals surface area contributed by atoms with Gasteiger partial charge in [-0.05, 0) is 25.0 Å². The van der Waals surface area contributed by atoms with Crippen molar-refractivity contribution in [3.63, 3.8) is 0 Å². The van der Waals surface area contributed by atoms with E-state index in [0.717, 1.165) is 6.42 Å². The van der Waals surface area contributed by atoms with Crippen molar-refractivity contribution in [3.8, 4) is 0 Å². The van der Waals surface area contributed by atoms with E-state index in [1.807, 2.05) is 6.07 Å². The standard InChI is InChI=1S/C14H17N3O3S/c18-14-11-5-1-2-6-12(11)16-13(17-14)8-15-10-4-3-7-21(19,20)9-10/h1-2,5-6,10,15H,3-4,7-9H2,(H,16,17,18). The fourth-order valence-electron chi connectivity index (χ4n) is 2.64. The molecule has 1 aromatic carbocycles. The summed E-state index contributed by atoms with van der Waals surface area (Å²) in [6.45, 7) is 0.361. The molecule has 1 saturated heterocycles. The fraction of sp³-hybridized carbons (Fsp3) is 0.429. The summed E-state index contributed by atoms with van der Waals surface area (Å²) < 4.78 is 23.2. The van der Waals surface area contributed by atoms with E-state index < -0.39 is 9.84 Å². The van der Waals surface area contributed by atoms with E-state index in [4.69, 9.17) is 0 Å². The Hall–Kier alpha value is -1.73. The highest BCUT2D eigenvalue weighted by atomic mass is 32.2. The number of H-pyrrole nitrogens is 1. The first-order valence-corrected chi connectivity index (χ1v) is 8.77. The van der Waals surface area contributed by atoms with Crippen molar-refractivity contribution in [2.75, 3.05) is 11.5 Å².